The Hall–Kier alpha value is -1.83. The van der Waals surface area contributed by atoms with E-state index >= 15 is 0 Å². The number of methoxy groups -OCH3 is 1. The molecule has 0 spiro atoms. The Morgan fingerprint density at radius 3 is 2.59 bits per heavy atom. The summed E-state index contributed by atoms with van der Waals surface area (Å²) in [5, 5.41) is 6.22. The predicted octanol–water partition coefficient (Wildman–Crippen LogP) is 6.20. The zero-order chi connectivity index (χ0) is 21.2. The van der Waals surface area contributed by atoms with Gasteiger partial charge in [-0.15, -0.1) is 0 Å². The molecule has 0 bridgehead atoms. The van der Waals surface area contributed by atoms with Crippen molar-refractivity contribution in [1.82, 2.24) is 5.32 Å². The van der Waals surface area contributed by atoms with E-state index in [2.05, 4.69) is 33.5 Å². The number of carbonyl (C=O) groups is 1. The van der Waals surface area contributed by atoms with Crippen LogP contribution in [0.1, 0.15) is 43.0 Å². The molecule has 29 heavy (non-hydrogen) atoms. The van der Waals surface area contributed by atoms with Crippen molar-refractivity contribution in [3.05, 3.63) is 51.5 Å². The van der Waals surface area contributed by atoms with Gasteiger partial charge < -0.3 is 14.8 Å². The molecule has 0 aliphatic heterocycles. The van der Waals surface area contributed by atoms with Crippen molar-refractivity contribution < 1.29 is 14.3 Å². The summed E-state index contributed by atoms with van der Waals surface area (Å²) in [5.41, 5.74) is 1.05. The van der Waals surface area contributed by atoms with Gasteiger partial charge in [0.15, 0.2) is 5.11 Å². The predicted molar refractivity (Wildman–Crippen MR) is 125 cm³/mol. The van der Waals surface area contributed by atoms with Gasteiger partial charge in [0.1, 0.15) is 11.5 Å². The Morgan fingerprint density at radius 2 is 1.90 bits per heavy atom. The van der Waals surface area contributed by atoms with E-state index in [1.165, 1.54) is 6.42 Å². The number of rotatable bonds is 9. The second-order valence-corrected chi connectivity index (χ2v) is 8.04. The van der Waals surface area contributed by atoms with Crippen molar-refractivity contribution in [2.75, 3.05) is 19.0 Å². The zero-order valence-corrected chi connectivity index (χ0v) is 19.5. The highest BCUT2D eigenvalue weighted by atomic mass is 79.9. The van der Waals surface area contributed by atoms with Crippen molar-refractivity contribution in [2.24, 2.45) is 0 Å². The lowest BCUT2D eigenvalue weighted by Crippen LogP contribution is -2.34. The number of halogens is 2. The molecule has 0 saturated carbocycles. The number of unbranched alkanes of at least 4 members (excludes halogenated alkanes) is 3. The van der Waals surface area contributed by atoms with Crippen LogP contribution in [0.4, 0.5) is 5.69 Å². The van der Waals surface area contributed by atoms with Crippen LogP contribution in [0.3, 0.4) is 0 Å². The van der Waals surface area contributed by atoms with Crippen LogP contribution >= 0.6 is 39.7 Å². The van der Waals surface area contributed by atoms with Crippen LogP contribution in [0.5, 0.6) is 11.5 Å². The largest absolute Gasteiger partial charge is 0.495 e. The standard InChI is InChI=1S/C21H24BrClN2O3S/c1-3-4-5-6-11-28-18-9-7-14(22)12-16(18)20(26)25-21(29)24-15-8-10-19(27-2)17(23)13-15/h7-10,12-13H,3-6,11H2,1-2H3,(H2,24,25,26,29). The van der Waals surface area contributed by atoms with Gasteiger partial charge in [-0.2, -0.15) is 0 Å². The van der Waals surface area contributed by atoms with Gasteiger partial charge in [-0.25, -0.2) is 0 Å². The van der Waals surface area contributed by atoms with Crippen molar-refractivity contribution in [3.8, 4) is 11.5 Å². The average Bonchev–Trinajstić information content (AvgIpc) is 2.68. The van der Waals surface area contributed by atoms with Gasteiger partial charge in [0.05, 0.1) is 24.3 Å². The molecular weight excluding hydrogens is 476 g/mol. The molecule has 0 aromatic heterocycles. The Kier molecular flexibility index (Phi) is 9.70. The number of ether oxygens (including phenoxy) is 2. The number of amides is 1. The molecule has 1 amide bonds. The van der Waals surface area contributed by atoms with Crippen molar-refractivity contribution in [1.29, 1.82) is 0 Å². The molecule has 0 aliphatic rings. The minimum absolute atomic E-state index is 0.158. The number of nitrogens with one attached hydrogen (secondary N) is 2. The zero-order valence-electron chi connectivity index (χ0n) is 16.4. The summed E-state index contributed by atoms with van der Waals surface area (Å²) < 4.78 is 11.7. The molecule has 0 saturated heterocycles. The molecule has 0 fully saturated rings. The van der Waals surface area contributed by atoms with E-state index in [4.69, 9.17) is 33.3 Å². The Balaban J connectivity index is 2.00. The van der Waals surface area contributed by atoms with E-state index in [0.29, 0.717) is 34.4 Å². The van der Waals surface area contributed by atoms with Crippen LogP contribution < -0.4 is 20.1 Å². The first-order valence-electron chi connectivity index (χ1n) is 9.32. The molecule has 2 aromatic rings. The molecule has 0 aliphatic carbocycles. The maximum absolute atomic E-state index is 12.7. The first-order chi connectivity index (χ1) is 13.9. The van der Waals surface area contributed by atoms with E-state index in [1.54, 1.807) is 37.4 Å². The minimum Gasteiger partial charge on any atom is -0.495 e. The number of hydrogen-bond donors (Lipinski definition) is 2. The van der Waals surface area contributed by atoms with E-state index in [-0.39, 0.29) is 11.0 Å². The Morgan fingerprint density at radius 1 is 1.14 bits per heavy atom. The highest BCUT2D eigenvalue weighted by molar-refractivity contribution is 9.10. The fourth-order valence-corrected chi connectivity index (χ4v) is 3.42. The van der Waals surface area contributed by atoms with Crippen LogP contribution in [-0.2, 0) is 0 Å². The molecule has 2 N–H and O–H groups in total. The second kappa shape index (κ2) is 12.0. The van der Waals surface area contributed by atoms with E-state index < -0.39 is 0 Å². The highest BCUT2D eigenvalue weighted by Gasteiger charge is 2.15. The highest BCUT2D eigenvalue weighted by Crippen LogP contribution is 2.27. The lowest BCUT2D eigenvalue weighted by atomic mass is 10.2. The minimum atomic E-state index is -0.355. The number of thiocarbonyl (C=S) groups is 1. The molecule has 2 aromatic carbocycles. The normalized spacial score (nSPS) is 10.3. The van der Waals surface area contributed by atoms with Crippen LogP contribution in [0, 0.1) is 0 Å². The van der Waals surface area contributed by atoms with Crippen LogP contribution in [0.25, 0.3) is 0 Å². The van der Waals surface area contributed by atoms with Crippen molar-refractivity contribution in [2.45, 2.75) is 32.6 Å². The fourth-order valence-electron chi connectivity index (χ4n) is 2.59. The SMILES string of the molecule is CCCCCCOc1ccc(Br)cc1C(=O)NC(=S)Nc1ccc(OC)c(Cl)c1. The van der Waals surface area contributed by atoms with Crippen LogP contribution in [-0.4, -0.2) is 24.7 Å². The number of anilines is 1. The smallest absolute Gasteiger partial charge is 0.261 e. The molecule has 2 rings (SSSR count). The first-order valence-corrected chi connectivity index (χ1v) is 10.9. The summed E-state index contributed by atoms with van der Waals surface area (Å²) in [5.74, 6) is 0.728. The Bertz CT molecular complexity index is 864. The maximum Gasteiger partial charge on any atom is 0.261 e. The number of benzene rings is 2. The van der Waals surface area contributed by atoms with Crippen LogP contribution in [0.15, 0.2) is 40.9 Å². The van der Waals surface area contributed by atoms with Gasteiger partial charge in [-0.3, -0.25) is 10.1 Å². The summed E-state index contributed by atoms with van der Waals surface area (Å²) in [6, 6.07) is 10.5. The van der Waals surface area contributed by atoms with Gasteiger partial charge in [-0.1, -0.05) is 53.7 Å². The average molecular weight is 500 g/mol. The van der Waals surface area contributed by atoms with Crippen molar-refractivity contribution in [3.63, 3.8) is 0 Å². The van der Waals surface area contributed by atoms with Gasteiger partial charge in [0, 0.05) is 10.2 Å². The number of carbonyl (C=O) groups excluding carboxylic acids is 1. The van der Waals surface area contributed by atoms with Crippen molar-refractivity contribution >= 4 is 56.5 Å². The number of hydrogen-bond acceptors (Lipinski definition) is 4. The topological polar surface area (TPSA) is 59.6 Å². The third-order valence-electron chi connectivity index (χ3n) is 4.08. The Labute approximate surface area is 190 Å². The molecule has 8 heteroatoms. The third-order valence-corrected chi connectivity index (χ3v) is 5.07. The van der Waals surface area contributed by atoms with E-state index in [0.717, 1.165) is 23.7 Å². The molecule has 0 heterocycles. The fraction of sp³-hybridized carbons (Fsp3) is 0.333. The molecular formula is C21H24BrClN2O3S. The van der Waals surface area contributed by atoms with Crippen LogP contribution in [0.2, 0.25) is 5.02 Å². The van der Waals surface area contributed by atoms with Gasteiger partial charge in [0.2, 0.25) is 0 Å². The third kappa shape index (κ3) is 7.49. The lowest BCUT2D eigenvalue weighted by molar-refractivity contribution is 0.0973. The maximum atomic E-state index is 12.7. The summed E-state index contributed by atoms with van der Waals surface area (Å²) in [6.45, 7) is 2.73. The molecule has 0 radical (unpaired) electrons. The summed E-state index contributed by atoms with van der Waals surface area (Å²) in [4.78, 5) is 12.7. The second-order valence-electron chi connectivity index (χ2n) is 6.31. The summed E-state index contributed by atoms with van der Waals surface area (Å²) in [6.07, 6.45) is 4.39. The van der Waals surface area contributed by atoms with Gasteiger partial charge in [-0.05, 0) is 55.0 Å². The van der Waals surface area contributed by atoms with Gasteiger partial charge in [0.25, 0.3) is 5.91 Å². The quantitative estimate of drug-likeness (QED) is 0.318. The molecule has 156 valence electrons. The van der Waals surface area contributed by atoms with Gasteiger partial charge >= 0.3 is 0 Å². The monoisotopic (exact) mass is 498 g/mol. The lowest BCUT2D eigenvalue weighted by Gasteiger charge is -2.14. The van der Waals surface area contributed by atoms with E-state index in [1.807, 2.05) is 6.07 Å². The summed E-state index contributed by atoms with van der Waals surface area (Å²) >= 11 is 14.8. The first kappa shape index (κ1) is 23.4. The molecule has 5 nitrogen and oxygen atoms in total. The molecule has 0 unspecified atom stereocenters. The van der Waals surface area contributed by atoms with E-state index in [9.17, 15) is 4.79 Å². The summed E-state index contributed by atoms with van der Waals surface area (Å²) in [7, 11) is 1.54. The molecule has 0 atom stereocenters.